The lowest BCUT2D eigenvalue weighted by Gasteiger charge is -2.10. The Bertz CT molecular complexity index is 119. The quantitative estimate of drug-likeness (QED) is 0.503. The van der Waals surface area contributed by atoms with Crippen molar-refractivity contribution in [1.29, 1.82) is 0 Å². The minimum absolute atomic E-state index is 0.398. The van der Waals surface area contributed by atoms with Crippen LogP contribution in [0.4, 0.5) is 0 Å². The smallest absolute Gasteiger partial charge is 0.0887 e. The molecule has 0 amide bonds. The molecule has 2 nitrogen and oxygen atoms in total. The van der Waals surface area contributed by atoms with E-state index >= 15 is 0 Å². The highest BCUT2D eigenvalue weighted by molar-refractivity contribution is 4.90. The zero-order valence-electron chi connectivity index (χ0n) is 6.54. The standard InChI is InChI=1S/C8H14O2/c1-5-3-9-8-6(2)4-10-7(5)8/h5-8H,3-4H2,1-2H3/t5-,6+,7+,8-. The fraction of sp³-hybridized carbons (Fsp3) is 1.00. The van der Waals surface area contributed by atoms with Gasteiger partial charge in [-0.2, -0.15) is 0 Å². The largest absolute Gasteiger partial charge is 0.375 e. The van der Waals surface area contributed by atoms with Crippen LogP contribution in [-0.2, 0) is 9.47 Å². The minimum atomic E-state index is 0.398. The second kappa shape index (κ2) is 2.21. The van der Waals surface area contributed by atoms with Crippen LogP contribution in [0.1, 0.15) is 13.8 Å². The fourth-order valence-corrected chi connectivity index (χ4v) is 1.88. The van der Waals surface area contributed by atoms with E-state index < -0.39 is 0 Å². The van der Waals surface area contributed by atoms with E-state index in [4.69, 9.17) is 9.47 Å². The van der Waals surface area contributed by atoms with Gasteiger partial charge >= 0.3 is 0 Å². The first kappa shape index (κ1) is 6.62. The second-order valence-corrected chi connectivity index (χ2v) is 3.55. The van der Waals surface area contributed by atoms with Crippen molar-refractivity contribution in [3.05, 3.63) is 0 Å². The molecule has 0 saturated carbocycles. The van der Waals surface area contributed by atoms with Crippen molar-refractivity contribution in [1.82, 2.24) is 0 Å². The Labute approximate surface area is 61.5 Å². The van der Waals surface area contributed by atoms with Gasteiger partial charge in [0.2, 0.25) is 0 Å². The molecule has 58 valence electrons. The zero-order chi connectivity index (χ0) is 7.14. The highest BCUT2D eigenvalue weighted by Gasteiger charge is 2.43. The molecule has 2 rings (SSSR count). The predicted molar refractivity (Wildman–Crippen MR) is 37.8 cm³/mol. The maximum Gasteiger partial charge on any atom is 0.0887 e. The van der Waals surface area contributed by atoms with Gasteiger partial charge in [-0.3, -0.25) is 0 Å². The summed E-state index contributed by atoms with van der Waals surface area (Å²) in [5, 5.41) is 0. The molecule has 0 aromatic heterocycles. The van der Waals surface area contributed by atoms with E-state index in [2.05, 4.69) is 13.8 Å². The summed E-state index contributed by atoms with van der Waals surface area (Å²) in [6.07, 6.45) is 0.796. The molecule has 0 aromatic rings. The molecule has 10 heavy (non-hydrogen) atoms. The van der Waals surface area contributed by atoms with Crippen molar-refractivity contribution >= 4 is 0 Å². The van der Waals surface area contributed by atoms with Crippen molar-refractivity contribution in [2.24, 2.45) is 11.8 Å². The third kappa shape index (κ3) is 0.789. The highest BCUT2D eigenvalue weighted by atomic mass is 16.6. The molecule has 0 radical (unpaired) electrons. The summed E-state index contributed by atoms with van der Waals surface area (Å²) in [7, 11) is 0. The molecular weight excluding hydrogens is 128 g/mol. The predicted octanol–water partition coefficient (Wildman–Crippen LogP) is 1.06. The van der Waals surface area contributed by atoms with Gasteiger partial charge < -0.3 is 9.47 Å². The van der Waals surface area contributed by atoms with Crippen LogP contribution in [0.2, 0.25) is 0 Å². The monoisotopic (exact) mass is 142 g/mol. The van der Waals surface area contributed by atoms with E-state index in [1.807, 2.05) is 0 Å². The van der Waals surface area contributed by atoms with Crippen LogP contribution in [0.3, 0.4) is 0 Å². The molecule has 0 unspecified atom stereocenters. The third-order valence-electron chi connectivity index (χ3n) is 2.55. The van der Waals surface area contributed by atoms with Gasteiger partial charge in [-0.25, -0.2) is 0 Å². The second-order valence-electron chi connectivity index (χ2n) is 3.55. The molecule has 0 N–H and O–H groups in total. The minimum Gasteiger partial charge on any atom is -0.375 e. The molecule has 2 saturated heterocycles. The first-order chi connectivity index (χ1) is 4.79. The number of fused-ring (bicyclic) bond motifs is 1. The van der Waals surface area contributed by atoms with Gasteiger partial charge in [-0.15, -0.1) is 0 Å². The maximum atomic E-state index is 5.58. The molecular formula is C8H14O2. The zero-order valence-corrected chi connectivity index (χ0v) is 6.54. The van der Waals surface area contributed by atoms with Crippen LogP contribution in [-0.4, -0.2) is 25.4 Å². The molecule has 4 atom stereocenters. The number of hydrogen-bond acceptors (Lipinski definition) is 2. The Morgan fingerprint density at radius 3 is 1.70 bits per heavy atom. The molecule has 2 heterocycles. The Morgan fingerprint density at radius 1 is 0.900 bits per heavy atom. The van der Waals surface area contributed by atoms with Crippen LogP contribution in [0.15, 0.2) is 0 Å². The first-order valence-electron chi connectivity index (χ1n) is 4.02. The van der Waals surface area contributed by atoms with Gasteiger partial charge in [0.25, 0.3) is 0 Å². The van der Waals surface area contributed by atoms with E-state index in [1.165, 1.54) is 0 Å². The Kier molecular flexibility index (Phi) is 1.46. The van der Waals surface area contributed by atoms with Gasteiger partial charge in [0.05, 0.1) is 25.4 Å². The lowest BCUT2D eigenvalue weighted by Crippen LogP contribution is -2.23. The average molecular weight is 142 g/mol. The van der Waals surface area contributed by atoms with Crippen LogP contribution in [0.25, 0.3) is 0 Å². The van der Waals surface area contributed by atoms with Gasteiger partial charge in [0, 0.05) is 11.8 Å². The SMILES string of the molecule is C[C@@H]1CO[C@H]2[C@H]1OC[C@@H]2C. The molecule has 2 aliphatic heterocycles. The summed E-state index contributed by atoms with van der Waals surface area (Å²) < 4.78 is 11.2. The highest BCUT2D eigenvalue weighted by Crippen LogP contribution is 2.33. The molecule has 2 heteroatoms. The van der Waals surface area contributed by atoms with Crippen molar-refractivity contribution in [2.45, 2.75) is 26.1 Å². The van der Waals surface area contributed by atoms with E-state index in [9.17, 15) is 0 Å². The topological polar surface area (TPSA) is 18.5 Å². The van der Waals surface area contributed by atoms with Gasteiger partial charge in [-0.05, 0) is 0 Å². The summed E-state index contributed by atoms with van der Waals surface area (Å²) in [6, 6.07) is 0. The normalized spacial score (nSPS) is 53.4. The Balaban J connectivity index is 2.09. The summed E-state index contributed by atoms with van der Waals surface area (Å²) in [4.78, 5) is 0. The van der Waals surface area contributed by atoms with Crippen LogP contribution in [0, 0.1) is 11.8 Å². The van der Waals surface area contributed by atoms with E-state index in [1.54, 1.807) is 0 Å². The third-order valence-corrected chi connectivity index (χ3v) is 2.55. The van der Waals surface area contributed by atoms with Gasteiger partial charge in [0.15, 0.2) is 0 Å². The van der Waals surface area contributed by atoms with Crippen molar-refractivity contribution in [3.8, 4) is 0 Å². The van der Waals surface area contributed by atoms with Gasteiger partial charge in [-0.1, -0.05) is 13.8 Å². The van der Waals surface area contributed by atoms with E-state index in [0.717, 1.165) is 13.2 Å². The van der Waals surface area contributed by atoms with E-state index in [-0.39, 0.29) is 0 Å². The molecule has 2 aliphatic rings. The number of ether oxygens (including phenoxy) is 2. The van der Waals surface area contributed by atoms with Crippen molar-refractivity contribution in [3.63, 3.8) is 0 Å². The lowest BCUT2D eigenvalue weighted by atomic mass is 9.99. The maximum absolute atomic E-state index is 5.58. The lowest BCUT2D eigenvalue weighted by molar-refractivity contribution is 0.0627. The summed E-state index contributed by atoms with van der Waals surface area (Å²) in [5.74, 6) is 1.21. The van der Waals surface area contributed by atoms with Crippen LogP contribution in [0.5, 0.6) is 0 Å². The molecule has 0 bridgehead atoms. The van der Waals surface area contributed by atoms with E-state index in [0.29, 0.717) is 24.0 Å². The summed E-state index contributed by atoms with van der Waals surface area (Å²) >= 11 is 0. The fourth-order valence-electron chi connectivity index (χ4n) is 1.88. The Hall–Kier alpha value is -0.0800. The van der Waals surface area contributed by atoms with Gasteiger partial charge in [0.1, 0.15) is 0 Å². The van der Waals surface area contributed by atoms with Crippen molar-refractivity contribution < 1.29 is 9.47 Å². The number of hydrogen-bond donors (Lipinski definition) is 0. The average Bonchev–Trinajstić information content (AvgIpc) is 2.41. The summed E-state index contributed by atoms with van der Waals surface area (Å²) in [6.45, 7) is 6.17. The van der Waals surface area contributed by atoms with Crippen LogP contribution >= 0.6 is 0 Å². The summed E-state index contributed by atoms with van der Waals surface area (Å²) in [5.41, 5.74) is 0. The molecule has 0 spiro atoms. The van der Waals surface area contributed by atoms with Crippen molar-refractivity contribution in [2.75, 3.05) is 13.2 Å². The molecule has 2 fully saturated rings. The first-order valence-corrected chi connectivity index (χ1v) is 4.02. The number of rotatable bonds is 0. The molecule has 0 aromatic carbocycles. The molecule has 0 aliphatic carbocycles. The van der Waals surface area contributed by atoms with Crippen LogP contribution < -0.4 is 0 Å². The Morgan fingerprint density at radius 2 is 1.30 bits per heavy atom.